The van der Waals surface area contributed by atoms with E-state index in [-0.39, 0.29) is 11.8 Å². The quantitative estimate of drug-likeness (QED) is 0.498. The topological polar surface area (TPSA) is 74.6 Å². The van der Waals surface area contributed by atoms with Gasteiger partial charge in [0.1, 0.15) is 0 Å². The van der Waals surface area contributed by atoms with Gasteiger partial charge < -0.3 is 15.5 Å². The Hall–Kier alpha value is -2.83. The maximum Gasteiger partial charge on any atom is 0.227 e. The molecule has 1 aliphatic rings. The van der Waals surface area contributed by atoms with Crippen molar-refractivity contribution >= 4 is 17.6 Å². The minimum atomic E-state index is 0.136. The van der Waals surface area contributed by atoms with Crippen molar-refractivity contribution in [2.45, 2.75) is 59.0 Å². The number of rotatable bonds is 8. The second-order valence-corrected chi connectivity index (χ2v) is 8.71. The molecule has 0 spiro atoms. The molecule has 7 nitrogen and oxygen atoms in total. The predicted molar refractivity (Wildman–Crippen MR) is 126 cm³/mol. The molecule has 7 heteroatoms. The minimum absolute atomic E-state index is 0.136. The standard InChI is InChI=1S/C24H36N6O/c1-6-25-24(29(4)15-20-16-30(5)28-22(20)17(2)3)26-14-18-9-7-12-21(13-18)27-23(31)19-10-8-11-19/h7,9,12-13,16-17,19H,6,8,10-11,14-15H2,1-5H3,(H,25,26)(H,27,31). The van der Waals surface area contributed by atoms with Crippen molar-refractivity contribution in [1.29, 1.82) is 0 Å². The van der Waals surface area contributed by atoms with Gasteiger partial charge in [0, 0.05) is 50.6 Å². The Morgan fingerprint density at radius 2 is 2.13 bits per heavy atom. The second-order valence-electron chi connectivity index (χ2n) is 8.71. The molecule has 1 aromatic heterocycles. The summed E-state index contributed by atoms with van der Waals surface area (Å²) in [5.74, 6) is 1.54. The summed E-state index contributed by atoms with van der Waals surface area (Å²) < 4.78 is 1.88. The summed E-state index contributed by atoms with van der Waals surface area (Å²) in [6, 6.07) is 7.98. The average molecular weight is 425 g/mol. The van der Waals surface area contributed by atoms with E-state index in [1.54, 1.807) is 0 Å². The van der Waals surface area contributed by atoms with E-state index in [0.717, 1.165) is 55.3 Å². The zero-order chi connectivity index (χ0) is 22.4. The van der Waals surface area contributed by atoms with E-state index in [0.29, 0.717) is 12.5 Å². The number of aliphatic imine (C=N–C) groups is 1. The van der Waals surface area contributed by atoms with Gasteiger partial charge in [0.15, 0.2) is 5.96 Å². The van der Waals surface area contributed by atoms with Crippen LogP contribution in [0.15, 0.2) is 35.5 Å². The van der Waals surface area contributed by atoms with E-state index in [2.05, 4.69) is 47.6 Å². The highest BCUT2D eigenvalue weighted by atomic mass is 16.1. The lowest BCUT2D eigenvalue weighted by Crippen LogP contribution is -2.38. The molecule has 168 valence electrons. The van der Waals surface area contributed by atoms with Crippen molar-refractivity contribution in [3.8, 4) is 0 Å². The Labute approximate surface area is 185 Å². The number of aromatic nitrogens is 2. The fraction of sp³-hybridized carbons (Fsp3) is 0.542. The second kappa shape index (κ2) is 10.5. The molecule has 1 fully saturated rings. The van der Waals surface area contributed by atoms with Crippen LogP contribution in [0.3, 0.4) is 0 Å². The molecule has 0 saturated heterocycles. The first-order valence-electron chi connectivity index (χ1n) is 11.3. The van der Waals surface area contributed by atoms with Gasteiger partial charge in [-0.05, 0) is 43.4 Å². The number of nitrogens with zero attached hydrogens (tertiary/aromatic N) is 4. The molecule has 1 aromatic carbocycles. The largest absolute Gasteiger partial charge is 0.357 e. The Balaban J connectivity index is 1.67. The van der Waals surface area contributed by atoms with Gasteiger partial charge in [-0.1, -0.05) is 32.4 Å². The third-order valence-electron chi connectivity index (χ3n) is 5.67. The lowest BCUT2D eigenvalue weighted by Gasteiger charge is -2.24. The number of benzene rings is 1. The number of nitrogens with one attached hydrogen (secondary N) is 2. The van der Waals surface area contributed by atoms with Crippen LogP contribution >= 0.6 is 0 Å². The summed E-state index contributed by atoms with van der Waals surface area (Å²) in [7, 11) is 4.01. The monoisotopic (exact) mass is 424 g/mol. The lowest BCUT2D eigenvalue weighted by molar-refractivity contribution is -0.122. The smallest absolute Gasteiger partial charge is 0.227 e. The van der Waals surface area contributed by atoms with Crippen LogP contribution in [0.2, 0.25) is 0 Å². The van der Waals surface area contributed by atoms with Gasteiger partial charge in [0.2, 0.25) is 5.91 Å². The van der Waals surface area contributed by atoms with E-state index in [1.807, 2.05) is 43.0 Å². The van der Waals surface area contributed by atoms with Crippen LogP contribution < -0.4 is 10.6 Å². The summed E-state index contributed by atoms with van der Waals surface area (Å²) in [4.78, 5) is 19.2. The zero-order valence-corrected chi connectivity index (χ0v) is 19.5. The Kier molecular flexibility index (Phi) is 7.71. The fourth-order valence-corrected chi connectivity index (χ4v) is 3.79. The van der Waals surface area contributed by atoms with Gasteiger partial charge in [0.05, 0.1) is 12.2 Å². The highest BCUT2D eigenvalue weighted by molar-refractivity contribution is 5.93. The van der Waals surface area contributed by atoms with E-state index < -0.39 is 0 Å². The maximum absolute atomic E-state index is 12.2. The number of guanidine groups is 1. The van der Waals surface area contributed by atoms with E-state index in [9.17, 15) is 4.79 Å². The molecule has 3 rings (SSSR count). The molecule has 0 unspecified atom stereocenters. The van der Waals surface area contributed by atoms with Gasteiger partial charge in [-0.15, -0.1) is 0 Å². The Morgan fingerprint density at radius 1 is 1.35 bits per heavy atom. The van der Waals surface area contributed by atoms with E-state index in [1.165, 1.54) is 5.56 Å². The molecular formula is C24H36N6O. The molecule has 31 heavy (non-hydrogen) atoms. The molecule has 0 radical (unpaired) electrons. The van der Waals surface area contributed by atoms with E-state index in [4.69, 9.17) is 4.99 Å². The predicted octanol–water partition coefficient (Wildman–Crippen LogP) is 3.88. The number of carbonyl (C=O) groups is 1. The van der Waals surface area contributed by atoms with Crippen LogP contribution in [0.1, 0.15) is 62.8 Å². The van der Waals surface area contributed by atoms with E-state index >= 15 is 0 Å². The normalized spacial score (nSPS) is 14.5. The van der Waals surface area contributed by atoms with Gasteiger partial charge in [-0.25, -0.2) is 4.99 Å². The van der Waals surface area contributed by atoms with Crippen LogP contribution in [0.4, 0.5) is 5.69 Å². The van der Waals surface area contributed by atoms with Crippen molar-refractivity contribution in [2.24, 2.45) is 18.0 Å². The molecule has 0 atom stereocenters. The van der Waals surface area contributed by atoms with Gasteiger partial charge in [0.25, 0.3) is 0 Å². The van der Waals surface area contributed by atoms with Gasteiger partial charge in [-0.3, -0.25) is 9.48 Å². The van der Waals surface area contributed by atoms with Crippen LogP contribution in [0.5, 0.6) is 0 Å². The molecule has 2 N–H and O–H groups in total. The average Bonchev–Trinajstić information content (AvgIpc) is 3.04. The Morgan fingerprint density at radius 3 is 2.77 bits per heavy atom. The summed E-state index contributed by atoms with van der Waals surface area (Å²) in [6.07, 6.45) is 5.25. The molecule has 0 bridgehead atoms. The van der Waals surface area contributed by atoms with Crippen LogP contribution in [-0.2, 0) is 24.9 Å². The van der Waals surface area contributed by atoms with Gasteiger partial charge >= 0.3 is 0 Å². The number of anilines is 1. The van der Waals surface area contributed by atoms with Crippen LogP contribution in [0.25, 0.3) is 0 Å². The van der Waals surface area contributed by atoms with Crippen LogP contribution in [-0.4, -0.2) is 40.1 Å². The van der Waals surface area contributed by atoms with Gasteiger partial charge in [-0.2, -0.15) is 5.10 Å². The molecule has 1 saturated carbocycles. The number of hydrogen-bond donors (Lipinski definition) is 2. The van der Waals surface area contributed by atoms with Crippen molar-refractivity contribution in [1.82, 2.24) is 20.0 Å². The first-order valence-corrected chi connectivity index (χ1v) is 11.3. The molecule has 1 heterocycles. The van der Waals surface area contributed by atoms with Crippen molar-refractivity contribution in [2.75, 3.05) is 18.9 Å². The van der Waals surface area contributed by atoms with Crippen molar-refractivity contribution in [3.63, 3.8) is 0 Å². The summed E-state index contributed by atoms with van der Waals surface area (Å²) >= 11 is 0. The highest BCUT2D eigenvalue weighted by Gasteiger charge is 2.25. The highest BCUT2D eigenvalue weighted by Crippen LogP contribution is 2.27. The zero-order valence-electron chi connectivity index (χ0n) is 19.5. The number of aryl methyl sites for hydroxylation is 1. The summed E-state index contributed by atoms with van der Waals surface area (Å²) in [6.45, 7) is 8.49. The third kappa shape index (κ3) is 6.09. The fourth-order valence-electron chi connectivity index (χ4n) is 3.79. The third-order valence-corrected chi connectivity index (χ3v) is 5.67. The number of amides is 1. The maximum atomic E-state index is 12.2. The molecule has 0 aliphatic heterocycles. The molecule has 1 aliphatic carbocycles. The number of hydrogen-bond acceptors (Lipinski definition) is 3. The minimum Gasteiger partial charge on any atom is -0.357 e. The lowest BCUT2D eigenvalue weighted by atomic mass is 9.85. The Bertz CT molecular complexity index is 913. The first-order chi connectivity index (χ1) is 14.9. The molecule has 2 aromatic rings. The first kappa shape index (κ1) is 22.8. The summed E-state index contributed by atoms with van der Waals surface area (Å²) in [5, 5.41) is 11.0. The number of carbonyl (C=O) groups excluding carboxylic acids is 1. The SMILES string of the molecule is CCNC(=NCc1cccc(NC(=O)C2CCC2)c1)N(C)Cc1cn(C)nc1C(C)C. The molecule has 1 amide bonds. The van der Waals surface area contributed by atoms with Crippen molar-refractivity contribution in [3.05, 3.63) is 47.3 Å². The molecular weight excluding hydrogens is 388 g/mol. The van der Waals surface area contributed by atoms with Crippen molar-refractivity contribution < 1.29 is 4.79 Å². The summed E-state index contributed by atoms with van der Waals surface area (Å²) in [5.41, 5.74) is 4.26. The van der Waals surface area contributed by atoms with Crippen LogP contribution in [0, 0.1) is 5.92 Å².